The molecule has 0 saturated carbocycles. The van der Waals surface area contributed by atoms with Crippen LogP contribution in [0.4, 0.5) is 0 Å². The topological polar surface area (TPSA) is 9.23 Å². The first-order chi connectivity index (χ1) is 9.96. The van der Waals surface area contributed by atoms with Gasteiger partial charge in [-0.3, -0.25) is 0 Å². The van der Waals surface area contributed by atoms with Gasteiger partial charge in [-0.15, -0.1) is 0 Å². The maximum Gasteiger partial charge on any atom is 0.133 e. The molecule has 0 radical (unpaired) electrons. The number of aryl methyl sites for hydroxylation is 6. The highest BCUT2D eigenvalue weighted by Crippen LogP contribution is 2.35. The fraction of sp³-hybridized carbons (Fsp3) is 0.400. The van der Waals surface area contributed by atoms with Crippen molar-refractivity contribution in [2.24, 2.45) is 0 Å². The molecule has 0 spiro atoms. The van der Waals surface area contributed by atoms with Crippen molar-refractivity contribution in [1.82, 2.24) is 0 Å². The zero-order chi connectivity index (χ0) is 15.6. The minimum absolute atomic E-state index is 0.990. The van der Waals surface area contributed by atoms with Crippen molar-refractivity contribution in [3.05, 3.63) is 57.6 Å². The largest absolute Gasteiger partial charge is 0.456 e. The van der Waals surface area contributed by atoms with E-state index in [0.717, 1.165) is 24.3 Å². The second-order valence-corrected chi connectivity index (χ2v) is 5.95. The van der Waals surface area contributed by atoms with Crippen molar-refractivity contribution in [2.45, 2.75) is 54.4 Å². The summed E-state index contributed by atoms with van der Waals surface area (Å²) < 4.78 is 6.39. The van der Waals surface area contributed by atoms with Crippen LogP contribution in [0.15, 0.2) is 24.3 Å². The van der Waals surface area contributed by atoms with Gasteiger partial charge in [0, 0.05) is 0 Å². The minimum Gasteiger partial charge on any atom is -0.456 e. The molecule has 2 aromatic rings. The summed E-state index contributed by atoms with van der Waals surface area (Å²) in [5.41, 5.74) is 7.60. The zero-order valence-electron chi connectivity index (χ0n) is 14.1. The third kappa shape index (κ3) is 3.29. The fourth-order valence-corrected chi connectivity index (χ4v) is 3.00. The van der Waals surface area contributed by atoms with Crippen LogP contribution < -0.4 is 4.74 Å². The maximum atomic E-state index is 6.39. The van der Waals surface area contributed by atoms with Crippen LogP contribution in [0.1, 0.15) is 47.2 Å². The number of benzene rings is 2. The lowest BCUT2D eigenvalue weighted by molar-refractivity contribution is 0.463. The van der Waals surface area contributed by atoms with E-state index in [9.17, 15) is 0 Å². The number of hydrogen-bond donors (Lipinski definition) is 0. The van der Waals surface area contributed by atoms with Crippen molar-refractivity contribution in [3.63, 3.8) is 0 Å². The van der Waals surface area contributed by atoms with Gasteiger partial charge in [-0.05, 0) is 62.8 Å². The van der Waals surface area contributed by atoms with E-state index in [1.807, 2.05) is 0 Å². The average Bonchev–Trinajstić information content (AvgIpc) is 2.42. The predicted octanol–water partition coefficient (Wildman–Crippen LogP) is 5.84. The monoisotopic (exact) mass is 282 g/mol. The summed E-state index contributed by atoms with van der Waals surface area (Å²) in [6, 6.07) is 8.86. The number of ether oxygens (including phenoxy) is 1. The van der Waals surface area contributed by atoms with Crippen LogP contribution in [-0.4, -0.2) is 0 Å². The second-order valence-electron chi connectivity index (χ2n) is 5.95. The Kier molecular flexibility index (Phi) is 4.72. The van der Waals surface area contributed by atoms with Gasteiger partial charge >= 0.3 is 0 Å². The van der Waals surface area contributed by atoms with Gasteiger partial charge in [0.1, 0.15) is 11.5 Å². The van der Waals surface area contributed by atoms with Gasteiger partial charge in [0.25, 0.3) is 0 Å². The molecule has 0 heterocycles. The summed E-state index contributed by atoms with van der Waals surface area (Å²) >= 11 is 0. The van der Waals surface area contributed by atoms with Gasteiger partial charge < -0.3 is 4.74 Å². The number of rotatable bonds is 4. The van der Waals surface area contributed by atoms with Crippen LogP contribution in [0, 0.1) is 27.7 Å². The molecule has 0 amide bonds. The second kappa shape index (κ2) is 6.34. The third-order valence-corrected chi connectivity index (χ3v) is 3.96. The van der Waals surface area contributed by atoms with E-state index in [4.69, 9.17) is 4.74 Å². The standard InChI is InChI=1S/C20H26O/c1-7-17-11-13(3)9-15(5)19(17)21-20-16(6)10-14(4)12-18(20)8-2/h9-12H,7-8H2,1-6H3. The highest BCUT2D eigenvalue weighted by atomic mass is 16.5. The SMILES string of the molecule is CCc1cc(C)cc(C)c1Oc1c(C)cc(C)cc1CC. The highest BCUT2D eigenvalue weighted by Gasteiger charge is 2.13. The average molecular weight is 282 g/mol. The lowest BCUT2D eigenvalue weighted by Gasteiger charge is -2.18. The zero-order valence-corrected chi connectivity index (χ0v) is 14.1. The molecular formula is C20H26O. The first kappa shape index (κ1) is 15.6. The Balaban J connectivity index is 2.53. The van der Waals surface area contributed by atoms with Crippen molar-refractivity contribution in [3.8, 4) is 11.5 Å². The summed E-state index contributed by atoms with van der Waals surface area (Å²) in [5, 5.41) is 0. The third-order valence-electron chi connectivity index (χ3n) is 3.96. The van der Waals surface area contributed by atoms with Crippen molar-refractivity contribution < 1.29 is 4.74 Å². The first-order valence-electron chi connectivity index (χ1n) is 7.84. The van der Waals surface area contributed by atoms with Gasteiger partial charge in [-0.2, -0.15) is 0 Å². The summed E-state index contributed by atoms with van der Waals surface area (Å²) in [6.07, 6.45) is 1.98. The van der Waals surface area contributed by atoms with Gasteiger partial charge in [0.2, 0.25) is 0 Å². The van der Waals surface area contributed by atoms with E-state index < -0.39 is 0 Å². The molecule has 2 rings (SSSR count). The smallest absolute Gasteiger partial charge is 0.133 e. The quantitative estimate of drug-likeness (QED) is 0.684. The van der Waals surface area contributed by atoms with E-state index in [1.165, 1.54) is 33.4 Å². The molecule has 0 fully saturated rings. The Bertz CT molecular complexity index is 596. The van der Waals surface area contributed by atoms with E-state index >= 15 is 0 Å². The predicted molar refractivity (Wildman–Crippen MR) is 90.7 cm³/mol. The molecule has 0 unspecified atom stereocenters. The van der Waals surface area contributed by atoms with E-state index in [0.29, 0.717) is 0 Å². The van der Waals surface area contributed by atoms with E-state index in [1.54, 1.807) is 0 Å². The molecule has 0 bridgehead atoms. The Morgan fingerprint density at radius 1 is 0.667 bits per heavy atom. The summed E-state index contributed by atoms with van der Waals surface area (Å²) in [6.45, 7) is 12.9. The van der Waals surface area contributed by atoms with Crippen LogP contribution in [0.2, 0.25) is 0 Å². The van der Waals surface area contributed by atoms with Crippen molar-refractivity contribution in [1.29, 1.82) is 0 Å². The van der Waals surface area contributed by atoms with Crippen LogP contribution in [0.5, 0.6) is 11.5 Å². The van der Waals surface area contributed by atoms with E-state index in [2.05, 4.69) is 65.8 Å². The summed E-state index contributed by atoms with van der Waals surface area (Å²) in [5.74, 6) is 2.06. The molecule has 0 aliphatic carbocycles. The molecule has 0 aromatic heterocycles. The minimum atomic E-state index is 0.990. The molecular weight excluding hydrogens is 256 g/mol. The van der Waals surface area contributed by atoms with Gasteiger partial charge in [0.05, 0.1) is 0 Å². The fourth-order valence-electron chi connectivity index (χ4n) is 3.00. The lowest BCUT2D eigenvalue weighted by atomic mass is 10.0. The van der Waals surface area contributed by atoms with Gasteiger partial charge in [0.15, 0.2) is 0 Å². The van der Waals surface area contributed by atoms with Crippen molar-refractivity contribution in [2.75, 3.05) is 0 Å². The maximum absolute atomic E-state index is 6.39. The molecule has 1 nitrogen and oxygen atoms in total. The van der Waals surface area contributed by atoms with E-state index in [-0.39, 0.29) is 0 Å². The highest BCUT2D eigenvalue weighted by molar-refractivity contribution is 5.51. The van der Waals surface area contributed by atoms with Crippen LogP contribution in [0.25, 0.3) is 0 Å². The van der Waals surface area contributed by atoms with Crippen LogP contribution in [-0.2, 0) is 12.8 Å². The molecule has 21 heavy (non-hydrogen) atoms. The van der Waals surface area contributed by atoms with Crippen molar-refractivity contribution >= 4 is 0 Å². The molecule has 0 atom stereocenters. The van der Waals surface area contributed by atoms with Crippen LogP contribution >= 0.6 is 0 Å². The Labute approximate surface area is 129 Å². The Morgan fingerprint density at radius 2 is 1.05 bits per heavy atom. The summed E-state index contributed by atoms with van der Waals surface area (Å²) in [4.78, 5) is 0. The van der Waals surface area contributed by atoms with Gasteiger partial charge in [-0.1, -0.05) is 49.2 Å². The normalized spacial score (nSPS) is 10.8. The Hall–Kier alpha value is -1.76. The molecule has 112 valence electrons. The van der Waals surface area contributed by atoms with Gasteiger partial charge in [-0.25, -0.2) is 0 Å². The molecule has 2 aromatic carbocycles. The summed E-state index contributed by atoms with van der Waals surface area (Å²) in [7, 11) is 0. The first-order valence-corrected chi connectivity index (χ1v) is 7.84. The molecule has 0 aliphatic heterocycles. The Morgan fingerprint density at radius 3 is 1.38 bits per heavy atom. The van der Waals surface area contributed by atoms with Crippen LogP contribution in [0.3, 0.4) is 0 Å². The molecule has 0 saturated heterocycles. The number of hydrogen-bond acceptors (Lipinski definition) is 1. The molecule has 1 heteroatoms. The lowest BCUT2D eigenvalue weighted by Crippen LogP contribution is -1.99. The molecule has 0 N–H and O–H groups in total. The molecule has 0 aliphatic rings.